The van der Waals surface area contributed by atoms with Crippen molar-refractivity contribution in [2.45, 2.75) is 13.1 Å². The van der Waals surface area contributed by atoms with E-state index in [9.17, 15) is 18.0 Å². The standard InChI is InChI=1S/C15H12F3NO2/c1-10-7-8-11(15(16,17)18)9-13(10)19-14(20)21-12-5-3-2-4-6-12/h2-9H,1H3,(H,19,20). The second-order valence-electron chi connectivity index (χ2n) is 4.36. The summed E-state index contributed by atoms with van der Waals surface area (Å²) in [5.41, 5.74) is -0.262. The number of carbonyl (C=O) groups is 1. The third kappa shape index (κ3) is 3.98. The highest BCUT2D eigenvalue weighted by molar-refractivity contribution is 5.87. The number of aryl methyl sites for hydroxylation is 1. The Labute approximate surface area is 119 Å². The van der Waals surface area contributed by atoms with Gasteiger partial charge in [0.2, 0.25) is 0 Å². The fourth-order valence-electron chi connectivity index (χ4n) is 1.66. The zero-order chi connectivity index (χ0) is 15.5. The monoisotopic (exact) mass is 295 g/mol. The third-order valence-electron chi connectivity index (χ3n) is 2.76. The summed E-state index contributed by atoms with van der Waals surface area (Å²) < 4.78 is 42.9. The summed E-state index contributed by atoms with van der Waals surface area (Å²) in [4.78, 5) is 11.7. The van der Waals surface area contributed by atoms with Crippen LogP contribution < -0.4 is 10.1 Å². The van der Waals surface area contributed by atoms with E-state index in [1.54, 1.807) is 37.3 Å². The molecule has 0 saturated carbocycles. The first-order chi connectivity index (χ1) is 9.86. The molecule has 1 N–H and O–H groups in total. The quantitative estimate of drug-likeness (QED) is 0.877. The van der Waals surface area contributed by atoms with Gasteiger partial charge in [0.25, 0.3) is 0 Å². The number of hydrogen-bond donors (Lipinski definition) is 1. The highest BCUT2D eigenvalue weighted by atomic mass is 19.4. The third-order valence-corrected chi connectivity index (χ3v) is 2.76. The number of anilines is 1. The fraction of sp³-hybridized carbons (Fsp3) is 0.133. The van der Waals surface area contributed by atoms with Crippen molar-refractivity contribution in [2.24, 2.45) is 0 Å². The van der Waals surface area contributed by atoms with Crippen molar-refractivity contribution in [3.63, 3.8) is 0 Å². The molecular weight excluding hydrogens is 283 g/mol. The molecule has 2 aromatic rings. The number of nitrogens with one attached hydrogen (secondary N) is 1. The minimum absolute atomic E-state index is 0.0609. The van der Waals surface area contributed by atoms with Crippen LogP contribution in [0.15, 0.2) is 48.5 Å². The van der Waals surface area contributed by atoms with E-state index in [1.165, 1.54) is 6.07 Å². The van der Waals surface area contributed by atoms with Gasteiger partial charge in [0, 0.05) is 5.69 Å². The molecule has 0 aromatic heterocycles. The molecule has 0 radical (unpaired) electrons. The highest BCUT2D eigenvalue weighted by Gasteiger charge is 2.31. The van der Waals surface area contributed by atoms with Crippen molar-refractivity contribution >= 4 is 11.8 Å². The Balaban J connectivity index is 2.14. The highest BCUT2D eigenvalue weighted by Crippen LogP contribution is 2.32. The van der Waals surface area contributed by atoms with Crippen molar-refractivity contribution < 1.29 is 22.7 Å². The molecule has 21 heavy (non-hydrogen) atoms. The van der Waals surface area contributed by atoms with Gasteiger partial charge < -0.3 is 4.74 Å². The SMILES string of the molecule is Cc1ccc(C(F)(F)F)cc1NC(=O)Oc1ccccc1. The van der Waals surface area contributed by atoms with Gasteiger partial charge in [0.15, 0.2) is 0 Å². The first-order valence-corrected chi connectivity index (χ1v) is 6.08. The van der Waals surface area contributed by atoms with Crippen LogP contribution in [-0.4, -0.2) is 6.09 Å². The lowest BCUT2D eigenvalue weighted by atomic mass is 10.1. The number of rotatable bonds is 2. The van der Waals surface area contributed by atoms with Crippen molar-refractivity contribution in [2.75, 3.05) is 5.32 Å². The summed E-state index contributed by atoms with van der Waals surface area (Å²) in [5, 5.41) is 2.31. The van der Waals surface area contributed by atoms with Crippen molar-refractivity contribution in [1.29, 1.82) is 0 Å². The van der Waals surface area contributed by atoms with Crippen molar-refractivity contribution in [3.8, 4) is 5.75 Å². The first-order valence-electron chi connectivity index (χ1n) is 6.08. The first kappa shape index (κ1) is 14.9. The Morgan fingerprint density at radius 3 is 2.38 bits per heavy atom. The molecule has 2 aromatic carbocycles. The summed E-state index contributed by atoms with van der Waals surface area (Å²) in [6.07, 6.45) is -5.31. The molecule has 0 aliphatic carbocycles. The lowest BCUT2D eigenvalue weighted by Crippen LogP contribution is -2.18. The Hall–Kier alpha value is -2.50. The van der Waals surface area contributed by atoms with E-state index >= 15 is 0 Å². The van der Waals surface area contributed by atoms with E-state index in [1.807, 2.05) is 0 Å². The van der Waals surface area contributed by atoms with E-state index in [4.69, 9.17) is 4.74 Å². The smallest absolute Gasteiger partial charge is 0.410 e. The number of ether oxygens (including phenoxy) is 1. The molecule has 0 saturated heterocycles. The average Bonchev–Trinajstić information content (AvgIpc) is 2.41. The second kappa shape index (κ2) is 5.87. The zero-order valence-corrected chi connectivity index (χ0v) is 11.1. The molecule has 0 fully saturated rings. The van der Waals surface area contributed by atoms with Crippen molar-refractivity contribution in [1.82, 2.24) is 0 Å². The van der Waals surface area contributed by atoms with Gasteiger partial charge in [0.05, 0.1) is 5.56 Å². The molecule has 0 heterocycles. The van der Waals surface area contributed by atoms with E-state index in [0.29, 0.717) is 11.3 Å². The topological polar surface area (TPSA) is 38.3 Å². The lowest BCUT2D eigenvalue weighted by molar-refractivity contribution is -0.137. The van der Waals surface area contributed by atoms with Gasteiger partial charge in [-0.15, -0.1) is 0 Å². The maximum absolute atomic E-state index is 12.6. The van der Waals surface area contributed by atoms with Crippen LogP contribution >= 0.6 is 0 Å². The number of benzene rings is 2. The molecule has 3 nitrogen and oxygen atoms in total. The van der Waals surface area contributed by atoms with Crippen LogP contribution in [0, 0.1) is 6.92 Å². The van der Waals surface area contributed by atoms with Crippen LogP contribution in [0.2, 0.25) is 0 Å². The maximum atomic E-state index is 12.6. The Morgan fingerprint density at radius 1 is 1.10 bits per heavy atom. The van der Waals surface area contributed by atoms with Gasteiger partial charge in [-0.2, -0.15) is 13.2 Å². The minimum Gasteiger partial charge on any atom is -0.410 e. The molecule has 1 amide bonds. The van der Waals surface area contributed by atoms with Gasteiger partial charge in [-0.3, -0.25) is 5.32 Å². The summed E-state index contributed by atoms with van der Waals surface area (Å²) >= 11 is 0. The predicted molar refractivity (Wildman–Crippen MR) is 72.3 cm³/mol. The van der Waals surface area contributed by atoms with Gasteiger partial charge in [-0.05, 0) is 36.8 Å². The molecule has 0 spiro atoms. The Kier molecular flexibility index (Phi) is 4.16. The number of hydrogen-bond acceptors (Lipinski definition) is 2. The van der Waals surface area contributed by atoms with E-state index in [0.717, 1.165) is 12.1 Å². The van der Waals surface area contributed by atoms with E-state index in [2.05, 4.69) is 5.32 Å². The van der Waals surface area contributed by atoms with E-state index < -0.39 is 17.8 Å². The van der Waals surface area contributed by atoms with Crippen LogP contribution in [0.5, 0.6) is 5.75 Å². The summed E-state index contributed by atoms with van der Waals surface area (Å²) in [6, 6.07) is 11.4. The molecular formula is C15H12F3NO2. The molecule has 2 rings (SSSR count). The lowest BCUT2D eigenvalue weighted by Gasteiger charge is -2.12. The van der Waals surface area contributed by atoms with Crippen LogP contribution in [0.25, 0.3) is 0 Å². The van der Waals surface area contributed by atoms with Crippen LogP contribution in [0.3, 0.4) is 0 Å². The molecule has 0 bridgehead atoms. The number of halogens is 3. The van der Waals surface area contributed by atoms with Crippen LogP contribution in [0.1, 0.15) is 11.1 Å². The molecule has 110 valence electrons. The largest absolute Gasteiger partial charge is 0.417 e. The summed E-state index contributed by atoms with van der Waals surface area (Å²) in [5.74, 6) is 0.305. The van der Waals surface area contributed by atoms with E-state index in [-0.39, 0.29) is 5.69 Å². The molecule has 0 unspecified atom stereocenters. The normalized spacial score (nSPS) is 11.0. The fourth-order valence-corrected chi connectivity index (χ4v) is 1.66. The molecule has 0 aliphatic heterocycles. The van der Waals surface area contributed by atoms with Crippen molar-refractivity contribution in [3.05, 3.63) is 59.7 Å². The van der Waals surface area contributed by atoms with Gasteiger partial charge in [-0.1, -0.05) is 24.3 Å². The molecule has 6 heteroatoms. The van der Waals surface area contributed by atoms with Crippen LogP contribution in [0.4, 0.5) is 23.7 Å². The second-order valence-corrected chi connectivity index (χ2v) is 4.36. The van der Waals surface area contributed by atoms with Gasteiger partial charge >= 0.3 is 12.3 Å². The molecule has 0 atom stereocenters. The minimum atomic E-state index is -4.46. The number of alkyl halides is 3. The Morgan fingerprint density at radius 2 is 1.76 bits per heavy atom. The van der Waals surface area contributed by atoms with Crippen LogP contribution in [-0.2, 0) is 6.18 Å². The Bertz CT molecular complexity index is 639. The summed E-state index contributed by atoms with van der Waals surface area (Å²) in [7, 11) is 0. The average molecular weight is 295 g/mol. The molecule has 0 aliphatic rings. The summed E-state index contributed by atoms with van der Waals surface area (Å²) in [6.45, 7) is 1.60. The van der Waals surface area contributed by atoms with Gasteiger partial charge in [0.1, 0.15) is 5.75 Å². The maximum Gasteiger partial charge on any atom is 0.417 e. The number of carbonyl (C=O) groups excluding carboxylic acids is 1. The number of amides is 1. The van der Waals surface area contributed by atoms with Gasteiger partial charge in [-0.25, -0.2) is 4.79 Å². The zero-order valence-electron chi connectivity index (χ0n) is 11.1. The number of para-hydroxylation sites is 1. The predicted octanol–water partition coefficient (Wildman–Crippen LogP) is 4.62.